The van der Waals surface area contributed by atoms with Gasteiger partial charge in [-0.25, -0.2) is 0 Å². The maximum atomic E-state index is 9.57. The van der Waals surface area contributed by atoms with Crippen molar-refractivity contribution in [2.24, 2.45) is 0 Å². The molecular weight excluding hydrogens is 266 g/mol. The predicted octanol–water partition coefficient (Wildman–Crippen LogP) is 2.53. The van der Waals surface area contributed by atoms with Crippen molar-refractivity contribution >= 4 is 0 Å². The van der Waals surface area contributed by atoms with Crippen LogP contribution in [-0.4, -0.2) is 25.9 Å². The van der Waals surface area contributed by atoms with Crippen molar-refractivity contribution in [3.8, 4) is 11.5 Å². The van der Waals surface area contributed by atoms with Gasteiger partial charge in [-0.15, -0.1) is 0 Å². The van der Waals surface area contributed by atoms with Crippen LogP contribution in [0.4, 0.5) is 0 Å². The van der Waals surface area contributed by atoms with Gasteiger partial charge in [-0.2, -0.15) is 0 Å². The normalized spacial score (nSPS) is 12.0. The molecule has 0 fully saturated rings. The van der Waals surface area contributed by atoms with Crippen LogP contribution in [0.2, 0.25) is 0 Å². The molecule has 0 heterocycles. The molecule has 0 aliphatic carbocycles. The number of aliphatic hydroxyl groups is 1. The molecule has 0 aliphatic heterocycles. The summed E-state index contributed by atoms with van der Waals surface area (Å²) in [6.45, 7) is 0.622. The Morgan fingerprint density at radius 2 is 1.76 bits per heavy atom. The first-order chi connectivity index (χ1) is 10.3. The molecule has 2 N–H and O–H groups in total. The molecule has 0 saturated heterocycles. The van der Waals surface area contributed by atoms with Gasteiger partial charge in [-0.3, -0.25) is 0 Å². The smallest absolute Gasteiger partial charge is 0.165 e. The Morgan fingerprint density at radius 3 is 2.38 bits per heavy atom. The van der Waals surface area contributed by atoms with Crippen molar-refractivity contribution in [1.29, 1.82) is 0 Å². The summed E-state index contributed by atoms with van der Waals surface area (Å²) in [4.78, 5) is 0. The van der Waals surface area contributed by atoms with E-state index in [0.29, 0.717) is 12.3 Å². The summed E-state index contributed by atoms with van der Waals surface area (Å²) < 4.78 is 10.7. The molecule has 2 rings (SSSR count). The summed E-state index contributed by atoms with van der Waals surface area (Å²) in [7, 11) is 3.25. The van der Waals surface area contributed by atoms with Crippen molar-refractivity contribution < 1.29 is 14.6 Å². The quantitative estimate of drug-likeness (QED) is 0.821. The molecule has 2 aromatic carbocycles. The van der Waals surface area contributed by atoms with Crippen molar-refractivity contribution in [2.75, 3.05) is 20.8 Å². The van der Waals surface area contributed by atoms with Gasteiger partial charge in [0.25, 0.3) is 0 Å². The second-order valence-corrected chi connectivity index (χ2v) is 4.68. The minimum atomic E-state index is -0.109. The van der Waals surface area contributed by atoms with Gasteiger partial charge in [-0.05, 0) is 11.6 Å². The van der Waals surface area contributed by atoms with Gasteiger partial charge in [0, 0.05) is 12.1 Å². The Kier molecular flexibility index (Phi) is 5.60. The molecule has 0 radical (unpaired) electrons. The SMILES string of the molecule is COc1cccc(CNC(CO)c2ccccc2)c1OC. The van der Waals surface area contributed by atoms with Crippen molar-refractivity contribution in [3.05, 3.63) is 59.7 Å². The fourth-order valence-corrected chi connectivity index (χ4v) is 2.30. The molecule has 0 bridgehead atoms. The van der Waals surface area contributed by atoms with Gasteiger partial charge in [0.2, 0.25) is 0 Å². The first kappa shape index (κ1) is 15.4. The van der Waals surface area contributed by atoms with Crippen LogP contribution >= 0.6 is 0 Å². The van der Waals surface area contributed by atoms with Crippen LogP contribution in [0.25, 0.3) is 0 Å². The van der Waals surface area contributed by atoms with Crippen LogP contribution in [0.3, 0.4) is 0 Å². The molecule has 0 amide bonds. The summed E-state index contributed by atoms with van der Waals surface area (Å²) >= 11 is 0. The Balaban J connectivity index is 2.12. The Morgan fingerprint density at radius 1 is 1.00 bits per heavy atom. The number of para-hydroxylation sites is 1. The number of aliphatic hydroxyl groups excluding tert-OH is 1. The second kappa shape index (κ2) is 7.67. The van der Waals surface area contributed by atoms with Crippen molar-refractivity contribution in [3.63, 3.8) is 0 Å². The first-order valence-corrected chi connectivity index (χ1v) is 6.89. The Hall–Kier alpha value is -2.04. The third-order valence-electron chi connectivity index (χ3n) is 3.41. The van der Waals surface area contributed by atoms with E-state index >= 15 is 0 Å². The van der Waals surface area contributed by atoms with E-state index in [1.807, 2.05) is 48.5 Å². The van der Waals surface area contributed by atoms with E-state index in [0.717, 1.165) is 16.9 Å². The summed E-state index contributed by atoms with van der Waals surface area (Å²) in [6.07, 6.45) is 0. The van der Waals surface area contributed by atoms with Crippen LogP contribution < -0.4 is 14.8 Å². The highest BCUT2D eigenvalue weighted by Gasteiger charge is 2.13. The zero-order valence-corrected chi connectivity index (χ0v) is 12.4. The Bertz CT molecular complexity index is 557. The largest absolute Gasteiger partial charge is 0.493 e. The van der Waals surface area contributed by atoms with E-state index in [2.05, 4.69) is 5.32 Å². The predicted molar refractivity (Wildman–Crippen MR) is 82.7 cm³/mol. The summed E-state index contributed by atoms with van der Waals surface area (Å²) in [5.41, 5.74) is 2.05. The topological polar surface area (TPSA) is 50.7 Å². The highest BCUT2D eigenvalue weighted by Crippen LogP contribution is 2.30. The van der Waals surface area contributed by atoms with Gasteiger partial charge in [0.1, 0.15) is 0 Å². The summed E-state index contributed by atoms with van der Waals surface area (Å²) in [5.74, 6) is 1.43. The number of benzene rings is 2. The highest BCUT2D eigenvalue weighted by atomic mass is 16.5. The zero-order chi connectivity index (χ0) is 15.1. The number of methoxy groups -OCH3 is 2. The van der Waals surface area contributed by atoms with Crippen LogP contribution in [0.5, 0.6) is 11.5 Å². The van der Waals surface area contributed by atoms with Gasteiger partial charge in [0.05, 0.1) is 26.9 Å². The number of rotatable bonds is 7. The van der Waals surface area contributed by atoms with E-state index in [4.69, 9.17) is 9.47 Å². The van der Waals surface area contributed by atoms with Gasteiger partial charge in [0.15, 0.2) is 11.5 Å². The lowest BCUT2D eigenvalue weighted by molar-refractivity contribution is 0.243. The van der Waals surface area contributed by atoms with Crippen LogP contribution in [0.15, 0.2) is 48.5 Å². The van der Waals surface area contributed by atoms with E-state index in [1.54, 1.807) is 14.2 Å². The van der Waals surface area contributed by atoms with Crippen molar-refractivity contribution in [1.82, 2.24) is 5.32 Å². The van der Waals surface area contributed by atoms with Crippen LogP contribution in [-0.2, 0) is 6.54 Å². The first-order valence-electron chi connectivity index (χ1n) is 6.89. The second-order valence-electron chi connectivity index (χ2n) is 4.68. The van der Waals surface area contributed by atoms with Crippen LogP contribution in [0.1, 0.15) is 17.2 Å². The van der Waals surface area contributed by atoms with E-state index in [9.17, 15) is 5.11 Å². The molecule has 112 valence electrons. The maximum Gasteiger partial charge on any atom is 0.165 e. The molecule has 2 aromatic rings. The molecule has 1 atom stereocenters. The number of hydrogen-bond acceptors (Lipinski definition) is 4. The molecule has 0 aliphatic rings. The molecule has 4 heteroatoms. The van der Waals surface area contributed by atoms with E-state index in [1.165, 1.54) is 0 Å². The maximum absolute atomic E-state index is 9.57. The summed E-state index contributed by atoms with van der Waals surface area (Å²) in [6, 6.07) is 15.5. The highest BCUT2D eigenvalue weighted by molar-refractivity contribution is 5.46. The third-order valence-corrected chi connectivity index (χ3v) is 3.41. The summed E-state index contributed by atoms with van der Waals surface area (Å²) in [5, 5.41) is 12.9. The minimum absolute atomic E-state index is 0.0380. The average molecular weight is 287 g/mol. The van der Waals surface area contributed by atoms with Gasteiger partial charge < -0.3 is 19.9 Å². The average Bonchev–Trinajstić information content (AvgIpc) is 2.56. The number of ether oxygens (including phenoxy) is 2. The molecule has 1 unspecified atom stereocenters. The monoisotopic (exact) mass is 287 g/mol. The third kappa shape index (κ3) is 3.74. The van der Waals surface area contributed by atoms with Crippen LogP contribution in [0, 0.1) is 0 Å². The lowest BCUT2D eigenvalue weighted by Gasteiger charge is -2.18. The molecule has 0 spiro atoms. The Labute approximate surface area is 125 Å². The van der Waals surface area contributed by atoms with Gasteiger partial charge >= 0.3 is 0 Å². The number of hydrogen-bond donors (Lipinski definition) is 2. The zero-order valence-electron chi connectivity index (χ0n) is 12.4. The molecular formula is C17H21NO3. The molecule has 21 heavy (non-hydrogen) atoms. The van der Waals surface area contributed by atoms with Crippen molar-refractivity contribution in [2.45, 2.75) is 12.6 Å². The standard InChI is InChI=1S/C17H21NO3/c1-20-16-10-6-9-14(17(16)21-2)11-18-15(12-19)13-7-4-3-5-8-13/h3-10,15,18-19H,11-12H2,1-2H3. The molecule has 0 saturated carbocycles. The molecule has 0 aromatic heterocycles. The number of nitrogens with one attached hydrogen (secondary N) is 1. The minimum Gasteiger partial charge on any atom is -0.493 e. The van der Waals surface area contributed by atoms with E-state index in [-0.39, 0.29) is 12.6 Å². The fraction of sp³-hybridized carbons (Fsp3) is 0.294. The van der Waals surface area contributed by atoms with Gasteiger partial charge in [-0.1, -0.05) is 42.5 Å². The fourth-order valence-electron chi connectivity index (χ4n) is 2.30. The lowest BCUT2D eigenvalue weighted by atomic mass is 10.1. The molecule has 4 nitrogen and oxygen atoms in total. The van der Waals surface area contributed by atoms with E-state index < -0.39 is 0 Å². The lowest BCUT2D eigenvalue weighted by Crippen LogP contribution is -2.24.